The van der Waals surface area contributed by atoms with Crippen LogP contribution in [0.4, 0.5) is 0 Å². The summed E-state index contributed by atoms with van der Waals surface area (Å²) in [5, 5.41) is 11.0. The molecule has 2 amide bonds. The van der Waals surface area contributed by atoms with Gasteiger partial charge >= 0.3 is 0 Å². The molecule has 2 N–H and O–H groups in total. The molecule has 29 heavy (non-hydrogen) atoms. The van der Waals surface area contributed by atoms with Crippen molar-refractivity contribution in [2.45, 2.75) is 26.1 Å². The molecule has 0 bridgehead atoms. The molecule has 2 aromatic heterocycles. The maximum Gasteiger partial charge on any atom is 0.269 e. The zero-order valence-electron chi connectivity index (χ0n) is 16.3. The number of rotatable bonds is 5. The standard InChI is InChI=1S/C19H21N7O3/c1-11-19(28)25(8-12-4-6-13(29-3)7-5-12)9-14-23-24-17(26(11)14)15-16(18(27)20-2)22-10-21-15/h4-7,10-11H,8-9H2,1-3H3,(H,20,27)(H,21,22)/t11-/m0/s1. The minimum atomic E-state index is -0.517. The van der Waals surface area contributed by atoms with Crippen LogP contribution < -0.4 is 10.1 Å². The summed E-state index contributed by atoms with van der Waals surface area (Å²) in [6.45, 7) is 2.58. The number of nitrogens with zero attached hydrogens (tertiary/aromatic N) is 5. The summed E-state index contributed by atoms with van der Waals surface area (Å²) in [7, 11) is 3.15. The van der Waals surface area contributed by atoms with Crippen LogP contribution >= 0.6 is 0 Å². The number of hydrogen-bond acceptors (Lipinski definition) is 6. The summed E-state index contributed by atoms with van der Waals surface area (Å²) < 4.78 is 6.92. The highest BCUT2D eigenvalue weighted by Gasteiger charge is 2.35. The van der Waals surface area contributed by atoms with Crippen LogP contribution in [0.2, 0.25) is 0 Å². The quantitative estimate of drug-likeness (QED) is 0.669. The Morgan fingerprint density at radius 3 is 2.76 bits per heavy atom. The lowest BCUT2D eigenvalue weighted by Gasteiger charge is -2.32. The van der Waals surface area contributed by atoms with Gasteiger partial charge in [-0.05, 0) is 24.6 Å². The molecule has 3 heterocycles. The summed E-state index contributed by atoms with van der Waals surface area (Å²) >= 11 is 0. The zero-order valence-corrected chi connectivity index (χ0v) is 16.3. The Bertz CT molecular complexity index is 1050. The van der Waals surface area contributed by atoms with Crippen molar-refractivity contribution in [1.29, 1.82) is 0 Å². The van der Waals surface area contributed by atoms with Crippen LogP contribution in [-0.4, -0.2) is 55.6 Å². The normalized spacial score (nSPS) is 15.9. The first kappa shape index (κ1) is 18.7. The summed E-state index contributed by atoms with van der Waals surface area (Å²) in [5.74, 6) is 1.44. The Hall–Kier alpha value is -3.69. The van der Waals surface area contributed by atoms with Gasteiger partial charge in [-0.25, -0.2) is 4.98 Å². The van der Waals surface area contributed by atoms with Crippen molar-refractivity contribution in [3.63, 3.8) is 0 Å². The second kappa shape index (κ2) is 7.38. The Morgan fingerprint density at radius 1 is 1.31 bits per heavy atom. The molecule has 10 nitrogen and oxygen atoms in total. The van der Waals surface area contributed by atoms with Gasteiger partial charge in [0.1, 0.15) is 23.2 Å². The molecule has 1 atom stereocenters. The predicted molar refractivity (Wildman–Crippen MR) is 103 cm³/mol. The monoisotopic (exact) mass is 395 g/mol. The number of imidazole rings is 1. The van der Waals surface area contributed by atoms with Crippen molar-refractivity contribution in [1.82, 2.24) is 34.9 Å². The van der Waals surface area contributed by atoms with Gasteiger partial charge in [0.15, 0.2) is 11.6 Å². The number of nitrogens with one attached hydrogen (secondary N) is 2. The third kappa shape index (κ3) is 3.22. The Kier molecular flexibility index (Phi) is 4.75. The molecule has 0 spiro atoms. The number of H-pyrrole nitrogens is 1. The van der Waals surface area contributed by atoms with Crippen molar-refractivity contribution in [3.05, 3.63) is 47.7 Å². The van der Waals surface area contributed by atoms with Crippen LogP contribution in [0.5, 0.6) is 5.75 Å². The largest absolute Gasteiger partial charge is 0.497 e. The van der Waals surface area contributed by atoms with Gasteiger partial charge in [0, 0.05) is 13.6 Å². The van der Waals surface area contributed by atoms with Crippen LogP contribution in [0.25, 0.3) is 11.5 Å². The molecule has 10 heteroatoms. The maximum atomic E-state index is 13.0. The van der Waals surface area contributed by atoms with E-state index in [1.807, 2.05) is 24.3 Å². The maximum absolute atomic E-state index is 13.0. The fourth-order valence-electron chi connectivity index (χ4n) is 3.47. The van der Waals surface area contributed by atoms with Crippen molar-refractivity contribution in [2.75, 3.05) is 14.2 Å². The lowest BCUT2D eigenvalue weighted by atomic mass is 10.1. The van der Waals surface area contributed by atoms with Crippen molar-refractivity contribution >= 4 is 11.8 Å². The third-order valence-electron chi connectivity index (χ3n) is 4.99. The number of aromatic amines is 1. The molecular formula is C19H21N7O3. The number of fused-ring (bicyclic) bond motifs is 1. The molecule has 0 aliphatic carbocycles. The number of benzene rings is 1. The van der Waals surface area contributed by atoms with E-state index in [0.717, 1.165) is 11.3 Å². The molecule has 0 unspecified atom stereocenters. The second-order valence-corrected chi connectivity index (χ2v) is 6.73. The smallest absolute Gasteiger partial charge is 0.269 e. The average Bonchev–Trinajstić information content (AvgIpc) is 3.38. The van der Waals surface area contributed by atoms with Crippen LogP contribution in [0.1, 0.15) is 34.8 Å². The van der Waals surface area contributed by atoms with Crippen molar-refractivity contribution in [3.8, 4) is 17.3 Å². The minimum Gasteiger partial charge on any atom is -0.497 e. The highest BCUT2D eigenvalue weighted by molar-refractivity contribution is 5.97. The van der Waals surface area contributed by atoms with Crippen molar-refractivity contribution in [2.24, 2.45) is 0 Å². The molecule has 150 valence electrons. The van der Waals surface area contributed by atoms with E-state index in [2.05, 4.69) is 25.5 Å². The fourth-order valence-corrected chi connectivity index (χ4v) is 3.47. The Morgan fingerprint density at radius 2 is 2.07 bits per heavy atom. The first-order valence-corrected chi connectivity index (χ1v) is 9.14. The number of carbonyl (C=O) groups excluding carboxylic acids is 2. The Labute approximate surface area is 166 Å². The molecule has 1 aliphatic heterocycles. The average molecular weight is 395 g/mol. The molecule has 4 rings (SSSR count). The van der Waals surface area contributed by atoms with E-state index in [9.17, 15) is 9.59 Å². The van der Waals surface area contributed by atoms with Gasteiger partial charge in [-0.3, -0.25) is 14.2 Å². The summed E-state index contributed by atoms with van der Waals surface area (Å²) in [5.41, 5.74) is 1.64. The zero-order chi connectivity index (χ0) is 20.5. The van der Waals surface area contributed by atoms with Crippen molar-refractivity contribution < 1.29 is 14.3 Å². The summed E-state index contributed by atoms with van der Waals surface area (Å²) in [6, 6.07) is 7.08. The van der Waals surface area contributed by atoms with Gasteiger partial charge < -0.3 is 19.9 Å². The number of amides is 2. The molecule has 0 fully saturated rings. The highest BCUT2D eigenvalue weighted by Crippen LogP contribution is 2.29. The number of hydrogen-bond donors (Lipinski definition) is 2. The van der Waals surface area contributed by atoms with Gasteiger partial charge in [-0.15, -0.1) is 10.2 Å². The fraction of sp³-hybridized carbons (Fsp3) is 0.316. The lowest BCUT2D eigenvalue weighted by Crippen LogP contribution is -2.41. The van der Waals surface area contributed by atoms with E-state index < -0.39 is 6.04 Å². The van der Waals surface area contributed by atoms with E-state index in [-0.39, 0.29) is 17.5 Å². The number of methoxy groups -OCH3 is 1. The van der Waals surface area contributed by atoms with Crippen LogP contribution in [0, 0.1) is 0 Å². The molecule has 0 radical (unpaired) electrons. The van der Waals surface area contributed by atoms with E-state index in [1.54, 1.807) is 23.5 Å². The Balaban J connectivity index is 1.63. The van der Waals surface area contributed by atoms with Crippen LogP contribution in [0.15, 0.2) is 30.6 Å². The van der Waals surface area contributed by atoms with E-state index in [4.69, 9.17) is 4.74 Å². The molecule has 1 aliphatic rings. The molecule has 0 saturated carbocycles. The topological polar surface area (TPSA) is 118 Å². The molecular weight excluding hydrogens is 374 g/mol. The molecule has 0 saturated heterocycles. The highest BCUT2D eigenvalue weighted by atomic mass is 16.5. The number of ether oxygens (including phenoxy) is 1. The molecule has 1 aromatic carbocycles. The lowest BCUT2D eigenvalue weighted by molar-refractivity contribution is -0.137. The van der Waals surface area contributed by atoms with E-state index in [1.165, 1.54) is 13.4 Å². The minimum absolute atomic E-state index is 0.0496. The molecule has 3 aromatic rings. The van der Waals surface area contributed by atoms with Crippen LogP contribution in [0.3, 0.4) is 0 Å². The summed E-state index contributed by atoms with van der Waals surface area (Å²) in [6.07, 6.45) is 1.42. The van der Waals surface area contributed by atoms with Gasteiger partial charge in [0.2, 0.25) is 5.91 Å². The summed E-state index contributed by atoms with van der Waals surface area (Å²) in [4.78, 5) is 33.9. The van der Waals surface area contributed by atoms with Gasteiger partial charge in [-0.2, -0.15) is 0 Å². The van der Waals surface area contributed by atoms with Crippen LogP contribution in [-0.2, 0) is 17.9 Å². The third-order valence-corrected chi connectivity index (χ3v) is 4.99. The second-order valence-electron chi connectivity index (χ2n) is 6.73. The first-order chi connectivity index (χ1) is 14.0. The van der Waals surface area contributed by atoms with E-state index >= 15 is 0 Å². The van der Waals surface area contributed by atoms with Gasteiger partial charge in [0.05, 0.1) is 20.0 Å². The number of aromatic nitrogens is 5. The van der Waals surface area contributed by atoms with Gasteiger partial charge in [-0.1, -0.05) is 12.1 Å². The number of carbonyl (C=O) groups is 2. The van der Waals surface area contributed by atoms with E-state index in [0.29, 0.717) is 30.4 Å². The first-order valence-electron chi connectivity index (χ1n) is 9.14. The predicted octanol–water partition coefficient (Wildman–Crippen LogP) is 1.14. The SMILES string of the molecule is CNC(=O)c1[nH]cnc1-c1nnc2n1[C@@H](C)C(=O)N(Cc1ccc(OC)cc1)C2. The van der Waals surface area contributed by atoms with Gasteiger partial charge in [0.25, 0.3) is 5.91 Å².